The van der Waals surface area contributed by atoms with Crippen LogP contribution in [0.3, 0.4) is 0 Å². The number of alkyl halides is 3. The van der Waals surface area contributed by atoms with Crippen LogP contribution in [0.25, 0.3) is 0 Å². The molecule has 1 unspecified atom stereocenters. The van der Waals surface area contributed by atoms with E-state index < -0.39 is 46.1 Å². The van der Waals surface area contributed by atoms with E-state index in [0.29, 0.717) is 41.1 Å². The molecule has 3 aromatic carbocycles. The number of anilines is 1. The molecule has 0 saturated carbocycles. The summed E-state index contributed by atoms with van der Waals surface area (Å²) < 4.78 is 86.7. The average Bonchev–Trinajstić information content (AvgIpc) is 3.37. The fourth-order valence-electron chi connectivity index (χ4n) is 4.34. The van der Waals surface area contributed by atoms with Crippen LogP contribution >= 0.6 is 0 Å². The Bertz CT molecular complexity index is 1360. The Morgan fingerprint density at radius 3 is 2.35 bits per heavy atom. The molecule has 0 spiro atoms. The molecule has 1 amide bonds. The van der Waals surface area contributed by atoms with Crippen LogP contribution in [0.4, 0.5) is 23.2 Å². The Labute approximate surface area is 212 Å². The second kappa shape index (κ2) is 10.4. The first-order valence-corrected chi connectivity index (χ1v) is 12.8. The predicted molar refractivity (Wildman–Crippen MR) is 129 cm³/mol. The van der Waals surface area contributed by atoms with Crippen LogP contribution in [0.5, 0.6) is 5.75 Å². The summed E-state index contributed by atoms with van der Waals surface area (Å²) in [6, 6.07) is 14.4. The van der Waals surface area contributed by atoms with Crippen molar-refractivity contribution in [3.05, 3.63) is 89.7 Å². The highest BCUT2D eigenvalue weighted by Gasteiger charge is 2.36. The number of likely N-dealkylation sites (tertiary alicyclic amines) is 1. The number of carbonyl (C=O) groups excluding carboxylic acids is 1. The maximum Gasteiger partial charge on any atom is 0.416 e. The number of ether oxygens (including phenoxy) is 1. The Morgan fingerprint density at radius 2 is 1.73 bits per heavy atom. The van der Waals surface area contributed by atoms with E-state index >= 15 is 0 Å². The molecule has 1 fully saturated rings. The van der Waals surface area contributed by atoms with Crippen LogP contribution in [-0.2, 0) is 21.0 Å². The number of benzene rings is 3. The van der Waals surface area contributed by atoms with E-state index in [-0.39, 0.29) is 10.6 Å². The zero-order valence-corrected chi connectivity index (χ0v) is 20.6. The lowest BCUT2D eigenvalue weighted by Gasteiger charge is -2.30. The van der Waals surface area contributed by atoms with Gasteiger partial charge in [-0.05, 0) is 73.0 Å². The minimum absolute atomic E-state index is 0.213. The van der Waals surface area contributed by atoms with Gasteiger partial charge in [0.15, 0.2) is 0 Å². The van der Waals surface area contributed by atoms with Crippen LogP contribution in [-0.4, -0.2) is 39.4 Å². The smallest absolute Gasteiger partial charge is 0.416 e. The number of sulfonamides is 1. The lowest BCUT2D eigenvalue weighted by Crippen LogP contribution is -2.43. The van der Waals surface area contributed by atoms with Gasteiger partial charge in [0.1, 0.15) is 18.1 Å². The normalized spacial score (nSPS) is 16.0. The van der Waals surface area contributed by atoms with Crippen molar-refractivity contribution in [1.82, 2.24) is 4.90 Å². The summed E-state index contributed by atoms with van der Waals surface area (Å²) in [5, 5.41) is 0. The van der Waals surface area contributed by atoms with Crippen LogP contribution in [0.15, 0.2) is 77.7 Å². The third kappa shape index (κ3) is 5.71. The largest absolute Gasteiger partial charge is 0.497 e. The van der Waals surface area contributed by atoms with Crippen molar-refractivity contribution in [2.75, 3.05) is 24.5 Å². The molecule has 6 nitrogen and oxygen atoms in total. The molecular formula is C26H24F4N2O4S. The van der Waals surface area contributed by atoms with E-state index in [9.17, 15) is 30.8 Å². The van der Waals surface area contributed by atoms with E-state index in [1.807, 2.05) is 0 Å². The quantitative estimate of drug-likeness (QED) is 0.379. The maximum absolute atomic E-state index is 13.6. The van der Waals surface area contributed by atoms with E-state index in [4.69, 9.17) is 4.74 Å². The fourth-order valence-corrected chi connectivity index (χ4v) is 5.74. The third-order valence-electron chi connectivity index (χ3n) is 6.22. The average molecular weight is 537 g/mol. The summed E-state index contributed by atoms with van der Waals surface area (Å²) in [6.45, 7) is -0.382. The minimum atomic E-state index is -4.71. The number of hydrogen-bond acceptors (Lipinski definition) is 4. The van der Waals surface area contributed by atoms with Crippen molar-refractivity contribution < 1.29 is 35.5 Å². The van der Waals surface area contributed by atoms with Gasteiger partial charge in [0, 0.05) is 6.54 Å². The second-order valence-corrected chi connectivity index (χ2v) is 10.4. The van der Waals surface area contributed by atoms with E-state index in [1.165, 1.54) is 54.5 Å². The summed E-state index contributed by atoms with van der Waals surface area (Å²) in [6.07, 6.45) is -3.48. The number of amides is 1. The van der Waals surface area contributed by atoms with Gasteiger partial charge in [-0.25, -0.2) is 12.8 Å². The first-order valence-electron chi connectivity index (χ1n) is 11.4. The molecule has 196 valence electrons. The van der Waals surface area contributed by atoms with Gasteiger partial charge in [-0.1, -0.05) is 18.2 Å². The van der Waals surface area contributed by atoms with Crippen LogP contribution in [0.2, 0.25) is 0 Å². The molecule has 1 aliphatic rings. The molecule has 37 heavy (non-hydrogen) atoms. The molecule has 11 heteroatoms. The van der Waals surface area contributed by atoms with Gasteiger partial charge in [0.2, 0.25) is 5.91 Å². The first-order chi connectivity index (χ1) is 17.5. The Balaban J connectivity index is 1.71. The monoisotopic (exact) mass is 536 g/mol. The molecule has 1 atom stereocenters. The van der Waals surface area contributed by atoms with Crippen LogP contribution in [0, 0.1) is 5.82 Å². The molecule has 3 aromatic rings. The van der Waals surface area contributed by atoms with Gasteiger partial charge in [-0.2, -0.15) is 13.2 Å². The van der Waals surface area contributed by atoms with Gasteiger partial charge in [0.05, 0.1) is 29.3 Å². The summed E-state index contributed by atoms with van der Waals surface area (Å²) in [4.78, 5) is 14.7. The van der Waals surface area contributed by atoms with Crippen molar-refractivity contribution in [2.24, 2.45) is 0 Å². The maximum atomic E-state index is 13.6. The van der Waals surface area contributed by atoms with Crippen LogP contribution in [0.1, 0.15) is 30.0 Å². The standard InChI is InChI=1S/C26H24F4N2O4S/c1-36-22-11-13-23(14-12-22)37(34,35)32(21-5-2-4-19(16-21)26(28,29)30)17-25(33)31-15-3-6-24(31)18-7-9-20(27)10-8-18/h2,4-5,7-14,16,24H,3,6,15,17H2,1H3. The second-order valence-electron chi connectivity index (χ2n) is 8.53. The van der Waals surface area contributed by atoms with E-state index in [1.54, 1.807) is 12.1 Å². The number of rotatable bonds is 7. The highest BCUT2D eigenvalue weighted by atomic mass is 32.2. The Hall–Kier alpha value is -3.60. The molecule has 0 aliphatic carbocycles. The van der Waals surface area contributed by atoms with E-state index in [2.05, 4.69) is 0 Å². The van der Waals surface area contributed by atoms with Gasteiger partial charge >= 0.3 is 6.18 Å². The van der Waals surface area contributed by atoms with Crippen LogP contribution < -0.4 is 9.04 Å². The SMILES string of the molecule is COc1ccc(S(=O)(=O)N(CC(=O)N2CCCC2c2ccc(F)cc2)c2cccc(C(F)(F)F)c2)cc1. The van der Waals surface area contributed by atoms with Crippen molar-refractivity contribution in [3.8, 4) is 5.75 Å². The summed E-state index contributed by atoms with van der Waals surface area (Å²) >= 11 is 0. The predicted octanol–water partition coefficient (Wildman–Crippen LogP) is 5.41. The summed E-state index contributed by atoms with van der Waals surface area (Å²) in [7, 11) is -3.03. The van der Waals surface area contributed by atoms with Crippen molar-refractivity contribution in [1.29, 1.82) is 0 Å². The van der Waals surface area contributed by atoms with E-state index in [0.717, 1.165) is 12.1 Å². The molecule has 0 N–H and O–H groups in total. The Morgan fingerprint density at radius 1 is 1.05 bits per heavy atom. The zero-order chi connectivity index (χ0) is 26.8. The number of halogens is 4. The van der Waals surface area contributed by atoms with Crippen molar-refractivity contribution >= 4 is 21.6 Å². The lowest BCUT2D eigenvalue weighted by molar-refractivity contribution is -0.137. The Kier molecular flexibility index (Phi) is 7.44. The molecule has 0 aromatic heterocycles. The zero-order valence-electron chi connectivity index (χ0n) is 19.8. The molecular weight excluding hydrogens is 512 g/mol. The molecule has 4 rings (SSSR count). The van der Waals surface area contributed by atoms with Crippen molar-refractivity contribution in [3.63, 3.8) is 0 Å². The summed E-state index contributed by atoms with van der Waals surface area (Å²) in [5.74, 6) is -0.623. The number of hydrogen-bond donors (Lipinski definition) is 0. The molecule has 0 radical (unpaired) electrons. The minimum Gasteiger partial charge on any atom is -0.497 e. The third-order valence-corrected chi connectivity index (χ3v) is 8.00. The first kappa shape index (κ1) is 26.5. The number of nitrogens with zero attached hydrogens (tertiary/aromatic N) is 2. The topological polar surface area (TPSA) is 66.9 Å². The van der Waals surface area contributed by atoms with Gasteiger partial charge in [-0.15, -0.1) is 0 Å². The molecule has 0 bridgehead atoms. The fraction of sp³-hybridized carbons (Fsp3) is 0.269. The summed E-state index contributed by atoms with van der Waals surface area (Å²) in [5.41, 5.74) is -0.648. The van der Waals surface area contributed by atoms with Gasteiger partial charge in [-0.3, -0.25) is 9.10 Å². The number of carbonyl (C=O) groups is 1. The number of methoxy groups -OCH3 is 1. The van der Waals surface area contributed by atoms with Crippen molar-refractivity contribution in [2.45, 2.75) is 30.0 Å². The highest BCUT2D eigenvalue weighted by Crippen LogP contribution is 2.35. The molecule has 1 aliphatic heterocycles. The van der Waals surface area contributed by atoms with Gasteiger partial charge in [0.25, 0.3) is 10.0 Å². The van der Waals surface area contributed by atoms with Gasteiger partial charge < -0.3 is 9.64 Å². The molecule has 1 heterocycles. The molecule has 1 saturated heterocycles. The lowest BCUT2D eigenvalue weighted by atomic mass is 10.0. The highest BCUT2D eigenvalue weighted by molar-refractivity contribution is 7.92.